The number of hydrogen-bond donors (Lipinski definition) is 1. The van der Waals surface area contributed by atoms with Crippen LogP contribution in [-0.4, -0.2) is 33.1 Å². The minimum atomic E-state index is -0.0744. The first-order valence-electron chi connectivity index (χ1n) is 9.48. The van der Waals surface area contributed by atoms with E-state index >= 15 is 0 Å². The van der Waals surface area contributed by atoms with Crippen LogP contribution >= 0.6 is 0 Å². The number of para-hydroxylation sites is 1. The number of amides is 2. The minimum Gasteiger partial charge on any atom is -0.489 e. The van der Waals surface area contributed by atoms with Gasteiger partial charge in [0, 0.05) is 31.0 Å². The third kappa shape index (κ3) is 4.34. The monoisotopic (exact) mass is 376 g/mol. The van der Waals surface area contributed by atoms with Crippen molar-refractivity contribution >= 4 is 6.03 Å². The molecule has 0 spiro atoms. The number of benzene rings is 2. The summed E-state index contributed by atoms with van der Waals surface area (Å²) in [6, 6.07) is 16.1. The molecule has 2 heterocycles. The zero-order valence-electron chi connectivity index (χ0n) is 15.9. The van der Waals surface area contributed by atoms with E-state index in [-0.39, 0.29) is 12.1 Å². The summed E-state index contributed by atoms with van der Waals surface area (Å²) in [4.78, 5) is 18.6. The maximum absolute atomic E-state index is 12.7. The highest BCUT2D eigenvalue weighted by Gasteiger charge is 2.23. The maximum Gasteiger partial charge on any atom is 0.318 e. The van der Waals surface area contributed by atoms with E-state index in [1.54, 1.807) is 12.5 Å². The van der Waals surface area contributed by atoms with Gasteiger partial charge in [-0.2, -0.15) is 0 Å². The molecule has 144 valence electrons. The number of urea groups is 1. The number of aromatic nitrogens is 2. The highest BCUT2D eigenvalue weighted by Crippen LogP contribution is 2.24. The molecule has 28 heavy (non-hydrogen) atoms. The van der Waals surface area contributed by atoms with Crippen LogP contribution in [0.3, 0.4) is 0 Å². The van der Waals surface area contributed by atoms with Gasteiger partial charge in [0.2, 0.25) is 0 Å². The molecule has 1 aliphatic rings. The van der Waals surface area contributed by atoms with E-state index in [0.717, 1.165) is 23.4 Å². The van der Waals surface area contributed by atoms with Crippen molar-refractivity contribution in [1.29, 1.82) is 0 Å². The fraction of sp³-hybridized carbons (Fsp3) is 0.273. The third-order valence-corrected chi connectivity index (χ3v) is 4.82. The van der Waals surface area contributed by atoms with Gasteiger partial charge in [0.05, 0.1) is 19.4 Å². The second kappa shape index (κ2) is 8.17. The topological polar surface area (TPSA) is 59.4 Å². The van der Waals surface area contributed by atoms with Crippen LogP contribution in [0, 0.1) is 0 Å². The second-order valence-electron chi connectivity index (χ2n) is 7.13. The average Bonchev–Trinajstić information content (AvgIpc) is 3.14. The van der Waals surface area contributed by atoms with Gasteiger partial charge in [-0.05, 0) is 24.1 Å². The van der Waals surface area contributed by atoms with Crippen molar-refractivity contribution in [2.24, 2.45) is 0 Å². The molecule has 2 aromatic carbocycles. The predicted octanol–water partition coefficient (Wildman–Crippen LogP) is 3.42. The number of imidazole rings is 1. The number of fused-ring (bicyclic) bond motifs is 1. The Morgan fingerprint density at radius 3 is 2.75 bits per heavy atom. The lowest BCUT2D eigenvalue weighted by molar-refractivity contribution is 0.158. The summed E-state index contributed by atoms with van der Waals surface area (Å²) in [6.07, 6.45) is 5.48. The molecular weight excluding hydrogens is 352 g/mol. The lowest BCUT2D eigenvalue weighted by Crippen LogP contribution is -2.42. The fourth-order valence-corrected chi connectivity index (χ4v) is 3.38. The van der Waals surface area contributed by atoms with Crippen LogP contribution in [0.15, 0.2) is 67.3 Å². The molecule has 6 nitrogen and oxygen atoms in total. The van der Waals surface area contributed by atoms with Crippen LogP contribution in [0.25, 0.3) is 0 Å². The largest absolute Gasteiger partial charge is 0.489 e. The third-order valence-electron chi connectivity index (χ3n) is 4.82. The van der Waals surface area contributed by atoms with Crippen LogP contribution < -0.4 is 10.1 Å². The first kappa shape index (κ1) is 18.1. The highest BCUT2D eigenvalue weighted by molar-refractivity contribution is 5.74. The molecule has 0 aliphatic carbocycles. The molecule has 0 fully saturated rings. The summed E-state index contributed by atoms with van der Waals surface area (Å²) >= 11 is 0. The van der Waals surface area contributed by atoms with E-state index in [9.17, 15) is 4.79 Å². The molecular formula is C22H24N4O2. The first-order chi connectivity index (χ1) is 13.7. The fourth-order valence-electron chi connectivity index (χ4n) is 3.38. The Balaban J connectivity index is 1.35. The molecule has 0 saturated heterocycles. The van der Waals surface area contributed by atoms with Crippen molar-refractivity contribution in [3.05, 3.63) is 83.9 Å². The summed E-state index contributed by atoms with van der Waals surface area (Å²) in [5, 5.41) is 3.03. The number of nitrogens with zero attached hydrogens (tertiary/aromatic N) is 3. The van der Waals surface area contributed by atoms with Gasteiger partial charge in [-0.15, -0.1) is 0 Å². The van der Waals surface area contributed by atoms with Crippen molar-refractivity contribution in [3.8, 4) is 5.75 Å². The summed E-state index contributed by atoms with van der Waals surface area (Å²) in [7, 11) is 0. The Kier molecular flexibility index (Phi) is 5.28. The van der Waals surface area contributed by atoms with Crippen molar-refractivity contribution in [3.63, 3.8) is 0 Å². The average molecular weight is 376 g/mol. The molecule has 3 aromatic rings. The van der Waals surface area contributed by atoms with E-state index < -0.39 is 0 Å². The molecule has 0 radical (unpaired) electrons. The molecule has 1 N–H and O–H groups in total. The van der Waals surface area contributed by atoms with Crippen molar-refractivity contribution in [2.75, 3.05) is 6.54 Å². The molecule has 1 atom stereocenters. The number of carbonyl (C=O) groups excluding carboxylic acids is 1. The Hall–Kier alpha value is -3.28. The maximum atomic E-state index is 12.7. The zero-order valence-corrected chi connectivity index (χ0v) is 15.9. The Morgan fingerprint density at radius 1 is 1.18 bits per heavy atom. The lowest BCUT2D eigenvalue weighted by Gasteiger charge is -2.22. The van der Waals surface area contributed by atoms with Gasteiger partial charge >= 0.3 is 6.03 Å². The van der Waals surface area contributed by atoms with Crippen LogP contribution in [0.2, 0.25) is 0 Å². The van der Waals surface area contributed by atoms with Crippen molar-refractivity contribution in [2.45, 2.75) is 32.7 Å². The number of rotatable bonds is 4. The van der Waals surface area contributed by atoms with Crippen LogP contribution in [0.4, 0.5) is 4.79 Å². The van der Waals surface area contributed by atoms with Crippen LogP contribution in [-0.2, 0) is 19.6 Å². The van der Waals surface area contributed by atoms with Gasteiger partial charge < -0.3 is 19.5 Å². The van der Waals surface area contributed by atoms with Gasteiger partial charge in [-0.3, -0.25) is 0 Å². The van der Waals surface area contributed by atoms with E-state index in [1.165, 1.54) is 5.56 Å². The Labute approximate surface area is 164 Å². The minimum absolute atomic E-state index is 0.0446. The van der Waals surface area contributed by atoms with E-state index in [1.807, 2.05) is 46.9 Å². The van der Waals surface area contributed by atoms with Gasteiger partial charge in [0.1, 0.15) is 11.9 Å². The quantitative estimate of drug-likeness (QED) is 0.759. The summed E-state index contributed by atoms with van der Waals surface area (Å²) in [6.45, 7) is 4.39. The van der Waals surface area contributed by atoms with Gasteiger partial charge in [0.25, 0.3) is 0 Å². The SMILES string of the molecule is CC1CN(C(=O)NCc2ccc(Cn3ccnc3)cc2)Cc2ccccc2O1. The molecule has 1 aromatic heterocycles. The number of ether oxygens (including phenoxy) is 1. The smallest absolute Gasteiger partial charge is 0.318 e. The lowest BCUT2D eigenvalue weighted by atomic mass is 10.1. The first-order valence-corrected chi connectivity index (χ1v) is 9.48. The van der Waals surface area contributed by atoms with Gasteiger partial charge in [0.15, 0.2) is 0 Å². The van der Waals surface area contributed by atoms with E-state index in [0.29, 0.717) is 19.6 Å². The molecule has 4 rings (SSSR count). The molecule has 1 aliphatic heterocycles. The standard InChI is InChI=1S/C22H24N4O2/c1-17-13-26(15-20-4-2-3-5-21(20)28-17)22(27)24-12-18-6-8-19(9-7-18)14-25-11-10-23-16-25/h2-11,16-17H,12-15H2,1H3,(H,24,27). The highest BCUT2D eigenvalue weighted by atomic mass is 16.5. The second-order valence-corrected chi connectivity index (χ2v) is 7.13. The number of carbonyl (C=O) groups is 1. The van der Waals surface area contributed by atoms with Crippen LogP contribution in [0.1, 0.15) is 23.6 Å². The predicted molar refractivity (Wildman–Crippen MR) is 107 cm³/mol. The summed E-state index contributed by atoms with van der Waals surface area (Å²) in [5.74, 6) is 0.860. The summed E-state index contributed by atoms with van der Waals surface area (Å²) < 4.78 is 7.95. The van der Waals surface area contributed by atoms with E-state index in [4.69, 9.17) is 4.74 Å². The molecule has 0 saturated carbocycles. The molecule has 0 bridgehead atoms. The van der Waals surface area contributed by atoms with Gasteiger partial charge in [-0.25, -0.2) is 9.78 Å². The molecule has 1 unspecified atom stereocenters. The molecule has 2 amide bonds. The van der Waals surface area contributed by atoms with Crippen molar-refractivity contribution < 1.29 is 9.53 Å². The van der Waals surface area contributed by atoms with Crippen molar-refractivity contribution in [1.82, 2.24) is 19.8 Å². The summed E-state index contributed by atoms with van der Waals surface area (Å²) in [5.41, 5.74) is 3.30. The number of hydrogen-bond acceptors (Lipinski definition) is 3. The normalized spacial score (nSPS) is 16.0. The Morgan fingerprint density at radius 2 is 1.96 bits per heavy atom. The Bertz CT molecular complexity index is 922. The van der Waals surface area contributed by atoms with Crippen LogP contribution in [0.5, 0.6) is 5.75 Å². The van der Waals surface area contributed by atoms with Gasteiger partial charge in [-0.1, -0.05) is 42.5 Å². The zero-order chi connectivity index (χ0) is 19.3. The van der Waals surface area contributed by atoms with E-state index in [2.05, 4.69) is 34.6 Å². The number of nitrogens with one attached hydrogen (secondary N) is 1. The molecule has 6 heteroatoms.